The minimum Gasteiger partial charge on any atom is -0.207 e. The first kappa shape index (κ1) is 11.6. The third kappa shape index (κ3) is 2.13. The number of rotatable bonds is 1. The lowest BCUT2D eigenvalue weighted by molar-refractivity contribution is 0.625. The van der Waals surface area contributed by atoms with E-state index in [-0.39, 0.29) is 21.7 Å². The predicted octanol–water partition coefficient (Wildman–Crippen LogP) is 4.16. The molecule has 0 aliphatic rings. The molecule has 0 unspecified atom stereocenters. The van der Waals surface area contributed by atoms with Crippen LogP contribution in [-0.4, -0.2) is 0 Å². The SMILES string of the molecule is N#Cc1cc(F)ccc1-c1c(F)cccc1Cl. The van der Waals surface area contributed by atoms with Crippen molar-refractivity contribution in [2.75, 3.05) is 0 Å². The average molecular weight is 250 g/mol. The zero-order valence-corrected chi connectivity index (χ0v) is 9.30. The van der Waals surface area contributed by atoms with Crippen molar-refractivity contribution >= 4 is 11.6 Å². The van der Waals surface area contributed by atoms with Gasteiger partial charge in [-0.25, -0.2) is 8.78 Å². The molecule has 17 heavy (non-hydrogen) atoms. The molecule has 2 aromatic carbocycles. The fourth-order valence-corrected chi connectivity index (χ4v) is 1.85. The standard InChI is InChI=1S/C13H6ClF2N/c14-11-2-1-3-12(16)13(11)10-5-4-9(15)6-8(10)7-17/h1-6H. The van der Waals surface area contributed by atoms with Crippen LogP contribution in [0.4, 0.5) is 8.78 Å². The zero-order valence-electron chi connectivity index (χ0n) is 8.55. The van der Waals surface area contributed by atoms with Gasteiger partial charge in [-0.05, 0) is 30.3 Å². The number of nitrogens with zero attached hydrogens (tertiary/aromatic N) is 1. The molecule has 0 radical (unpaired) electrons. The summed E-state index contributed by atoms with van der Waals surface area (Å²) in [6.07, 6.45) is 0. The summed E-state index contributed by atoms with van der Waals surface area (Å²) in [4.78, 5) is 0. The van der Waals surface area contributed by atoms with Crippen LogP contribution >= 0.6 is 11.6 Å². The van der Waals surface area contributed by atoms with E-state index in [9.17, 15) is 8.78 Å². The lowest BCUT2D eigenvalue weighted by Gasteiger charge is -2.07. The second kappa shape index (κ2) is 4.52. The lowest BCUT2D eigenvalue weighted by atomic mass is 10.00. The minimum absolute atomic E-state index is 0.0528. The Bertz CT molecular complexity index is 597. The molecule has 0 atom stereocenters. The summed E-state index contributed by atoms with van der Waals surface area (Å²) < 4.78 is 26.6. The molecule has 0 fully saturated rings. The molecule has 84 valence electrons. The third-order valence-corrected chi connectivity index (χ3v) is 2.65. The molecular weight excluding hydrogens is 244 g/mol. The number of hydrogen-bond donors (Lipinski definition) is 0. The Labute approximate surface area is 102 Å². The van der Waals surface area contributed by atoms with Crippen molar-refractivity contribution in [1.29, 1.82) is 5.26 Å². The van der Waals surface area contributed by atoms with Gasteiger partial charge in [-0.2, -0.15) is 5.26 Å². The molecule has 1 nitrogen and oxygen atoms in total. The second-order valence-electron chi connectivity index (χ2n) is 3.40. The fraction of sp³-hybridized carbons (Fsp3) is 0. The van der Waals surface area contributed by atoms with Gasteiger partial charge in [0, 0.05) is 11.1 Å². The maximum Gasteiger partial charge on any atom is 0.132 e. The molecule has 0 bridgehead atoms. The van der Waals surface area contributed by atoms with Crippen molar-refractivity contribution < 1.29 is 8.78 Å². The molecule has 0 N–H and O–H groups in total. The van der Waals surface area contributed by atoms with Gasteiger partial charge < -0.3 is 0 Å². The van der Waals surface area contributed by atoms with Crippen LogP contribution in [0.5, 0.6) is 0 Å². The van der Waals surface area contributed by atoms with Crippen molar-refractivity contribution in [3.8, 4) is 17.2 Å². The van der Waals surface area contributed by atoms with Gasteiger partial charge in [0.2, 0.25) is 0 Å². The molecule has 0 amide bonds. The van der Waals surface area contributed by atoms with Gasteiger partial charge in [-0.1, -0.05) is 17.7 Å². The van der Waals surface area contributed by atoms with Crippen LogP contribution < -0.4 is 0 Å². The number of halogens is 3. The molecule has 2 rings (SSSR count). The Morgan fingerprint density at radius 3 is 2.53 bits per heavy atom. The predicted molar refractivity (Wildman–Crippen MR) is 61.5 cm³/mol. The molecule has 0 heterocycles. The summed E-state index contributed by atoms with van der Waals surface area (Å²) in [5.41, 5.74) is 0.458. The molecule has 0 aliphatic heterocycles. The second-order valence-corrected chi connectivity index (χ2v) is 3.81. The van der Waals surface area contributed by atoms with Crippen LogP contribution in [0.2, 0.25) is 5.02 Å². The summed E-state index contributed by atoms with van der Waals surface area (Å²) >= 11 is 5.89. The van der Waals surface area contributed by atoms with E-state index in [1.54, 1.807) is 0 Å². The van der Waals surface area contributed by atoms with E-state index >= 15 is 0 Å². The number of benzene rings is 2. The molecule has 0 saturated carbocycles. The number of hydrogen-bond acceptors (Lipinski definition) is 1. The van der Waals surface area contributed by atoms with Gasteiger partial charge in [0.25, 0.3) is 0 Å². The van der Waals surface area contributed by atoms with Crippen LogP contribution in [0.3, 0.4) is 0 Å². The van der Waals surface area contributed by atoms with Crippen molar-refractivity contribution in [2.45, 2.75) is 0 Å². The first-order valence-electron chi connectivity index (χ1n) is 4.77. The minimum atomic E-state index is -0.544. The average Bonchev–Trinajstić information content (AvgIpc) is 2.30. The topological polar surface area (TPSA) is 23.8 Å². The van der Waals surface area contributed by atoms with E-state index in [1.807, 2.05) is 6.07 Å². The zero-order chi connectivity index (χ0) is 12.4. The van der Waals surface area contributed by atoms with Gasteiger partial charge in [-0.15, -0.1) is 0 Å². The smallest absolute Gasteiger partial charge is 0.132 e. The van der Waals surface area contributed by atoms with Crippen molar-refractivity contribution in [1.82, 2.24) is 0 Å². The Hall–Kier alpha value is -1.92. The van der Waals surface area contributed by atoms with Crippen molar-refractivity contribution in [3.05, 3.63) is 58.6 Å². The maximum atomic E-state index is 13.7. The monoisotopic (exact) mass is 249 g/mol. The van der Waals surface area contributed by atoms with E-state index in [4.69, 9.17) is 16.9 Å². The summed E-state index contributed by atoms with van der Waals surface area (Å²) in [7, 11) is 0. The molecule has 0 aliphatic carbocycles. The summed E-state index contributed by atoms with van der Waals surface area (Å²) in [6, 6.07) is 9.62. The van der Waals surface area contributed by atoms with Crippen molar-refractivity contribution in [2.24, 2.45) is 0 Å². The normalized spacial score (nSPS) is 10.0. The highest BCUT2D eigenvalue weighted by molar-refractivity contribution is 6.33. The van der Waals surface area contributed by atoms with Gasteiger partial charge in [0.1, 0.15) is 11.6 Å². The molecule has 2 aromatic rings. The fourth-order valence-electron chi connectivity index (χ4n) is 1.58. The summed E-state index contributed by atoms with van der Waals surface area (Å²) in [6.45, 7) is 0. The van der Waals surface area contributed by atoms with Gasteiger partial charge >= 0.3 is 0 Å². The Kier molecular flexibility index (Phi) is 3.08. The first-order valence-corrected chi connectivity index (χ1v) is 5.15. The first-order chi connectivity index (χ1) is 8.13. The molecule has 0 spiro atoms. The molecular formula is C13H6ClF2N. The largest absolute Gasteiger partial charge is 0.207 e. The Morgan fingerprint density at radius 1 is 1.12 bits per heavy atom. The summed E-state index contributed by atoms with van der Waals surface area (Å²) in [5, 5.41) is 9.09. The van der Waals surface area contributed by atoms with Crippen LogP contribution in [-0.2, 0) is 0 Å². The van der Waals surface area contributed by atoms with E-state index in [0.717, 1.165) is 6.07 Å². The Balaban J connectivity index is 2.74. The van der Waals surface area contributed by atoms with E-state index < -0.39 is 11.6 Å². The summed E-state index contributed by atoms with van der Waals surface area (Å²) in [5.74, 6) is -1.08. The molecule has 0 saturated heterocycles. The highest BCUT2D eigenvalue weighted by Crippen LogP contribution is 2.32. The number of nitriles is 1. The maximum absolute atomic E-state index is 13.7. The Morgan fingerprint density at radius 2 is 1.88 bits per heavy atom. The molecule has 4 heteroatoms. The quantitative estimate of drug-likeness (QED) is 0.745. The third-order valence-electron chi connectivity index (χ3n) is 2.33. The van der Waals surface area contributed by atoms with Gasteiger partial charge in [0.15, 0.2) is 0 Å². The lowest BCUT2D eigenvalue weighted by Crippen LogP contribution is -1.90. The van der Waals surface area contributed by atoms with Crippen LogP contribution in [0.1, 0.15) is 5.56 Å². The van der Waals surface area contributed by atoms with E-state index in [2.05, 4.69) is 0 Å². The van der Waals surface area contributed by atoms with Crippen LogP contribution in [0, 0.1) is 23.0 Å². The van der Waals surface area contributed by atoms with Gasteiger partial charge in [0.05, 0.1) is 16.7 Å². The molecule has 0 aromatic heterocycles. The van der Waals surface area contributed by atoms with Gasteiger partial charge in [-0.3, -0.25) is 0 Å². The van der Waals surface area contributed by atoms with Crippen molar-refractivity contribution in [3.63, 3.8) is 0 Å². The van der Waals surface area contributed by atoms with Crippen LogP contribution in [0.25, 0.3) is 11.1 Å². The van der Waals surface area contributed by atoms with Crippen LogP contribution in [0.15, 0.2) is 36.4 Å². The highest BCUT2D eigenvalue weighted by Gasteiger charge is 2.13. The highest BCUT2D eigenvalue weighted by atomic mass is 35.5. The van der Waals surface area contributed by atoms with E-state index in [0.29, 0.717) is 0 Å². The van der Waals surface area contributed by atoms with E-state index in [1.165, 1.54) is 30.3 Å².